The summed E-state index contributed by atoms with van der Waals surface area (Å²) in [6.07, 6.45) is 4.12. The Labute approximate surface area is 159 Å². The Bertz CT molecular complexity index is 842. The molecule has 5 nitrogen and oxygen atoms in total. The van der Waals surface area contributed by atoms with E-state index in [1.54, 1.807) is 0 Å². The van der Waals surface area contributed by atoms with Crippen LogP contribution in [0.1, 0.15) is 38.5 Å². The maximum absolute atomic E-state index is 11.8. The molecule has 1 heterocycles. The second kappa shape index (κ2) is 9.67. The lowest BCUT2D eigenvalue weighted by molar-refractivity contribution is -0.121. The average Bonchev–Trinajstić information content (AvgIpc) is 3.20. The first kappa shape index (κ1) is 18.8. The largest absolute Gasteiger partial charge is 0.356 e. The number of hydrogen-bond donors (Lipinski definition) is 1. The van der Waals surface area contributed by atoms with Crippen LogP contribution in [0.4, 0.5) is 0 Å². The fourth-order valence-corrected chi connectivity index (χ4v) is 2.83. The Hall–Kier alpha value is -2.95. The molecule has 0 aliphatic rings. The third-order valence-electron chi connectivity index (χ3n) is 4.39. The van der Waals surface area contributed by atoms with E-state index in [0.717, 1.165) is 36.9 Å². The number of nitrogens with zero attached hydrogens (tertiary/aromatic N) is 2. The summed E-state index contributed by atoms with van der Waals surface area (Å²) in [5, 5.41) is 6.95. The van der Waals surface area contributed by atoms with E-state index in [4.69, 9.17) is 4.52 Å². The molecule has 3 rings (SSSR count). The molecular weight excluding hydrogens is 338 g/mol. The van der Waals surface area contributed by atoms with Gasteiger partial charge in [-0.15, -0.1) is 0 Å². The van der Waals surface area contributed by atoms with Crippen molar-refractivity contribution < 1.29 is 9.32 Å². The molecule has 0 fully saturated rings. The maximum atomic E-state index is 11.8. The van der Waals surface area contributed by atoms with Crippen LogP contribution in [0.25, 0.3) is 22.5 Å². The Morgan fingerprint density at radius 2 is 1.67 bits per heavy atom. The standard InChI is InChI=1S/C22H25N3O2/c1-2-3-7-16-23-20(26)14-15-21-24-22(25-27-21)19-12-10-18(11-13-19)17-8-5-4-6-9-17/h4-6,8-13H,2-3,7,14-16H2,1H3,(H,23,26). The summed E-state index contributed by atoms with van der Waals surface area (Å²) < 4.78 is 5.29. The van der Waals surface area contributed by atoms with Crippen molar-refractivity contribution >= 4 is 5.91 Å². The summed E-state index contributed by atoms with van der Waals surface area (Å²) in [5.74, 6) is 1.06. The second-order valence-electron chi connectivity index (χ2n) is 6.51. The molecule has 0 aliphatic carbocycles. The highest BCUT2D eigenvalue weighted by molar-refractivity contribution is 5.76. The zero-order chi connectivity index (χ0) is 18.9. The van der Waals surface area contributed by atoms with Crippen molar-refractivity contribution in [2.75, 3.05) is 6.54 Å². The first-order chi connectivity index (χ1) is 13.3. The minimum Gasteiger partial charge on any atom is -0.356 e. The van der Waals surface area contributed by atoms with Gasteiger partial charge in [-0.25, -0.2) is 0 Å². The van der Waals surface area contributed by atoms with Gasteiger partial charge in [-0.05, 0) is 17.5 Å². The maximum Gasteiger partial charge on any atom is 0.227 e. The van der Waals surface area contributed by atoms with Crippen LogP contribution in [0.2, 0.25) is 0 Å². The SMILES string of the molecule is CCCCCNC(=O)CCc1nc(-c2ccc(-c3ccccc3)cc2)no1. The lowest BCUT2D eigenvalue weighted by atomic mass is 10.0. The Morgan fingerprint density at radius 3 is 2.41 bits per heavy atom. The van der Waals surface area contributed by atoms with Crippen molar-refractivity contribution in [1.29, 1.82) is 0 Å². The molecule has 0 atom stereocenters. The molecular formula is C22H25N3O2. The van der Waals surface area contributed by atoms with Crippen LogP contribution in [0.5, 0.6) is 0 Å². The molecule has 0 bridgehead atoms. The van der Waals surface area contributed by atoms with Gasteiger partial charge >= 0.3 is 0 Å². The summed E-state index contributed by atoms with van der Waals surface area (Å²) in [5.41, 5.74) is 3.21. The van der Waals surface area contributed by atoms with Crippen molar-refractivity contribution in [1.82, 2.24) is 15.5 Å². The molecule has 0 radical (unpaired) electrons. The number of unbranched alkanes of at least 4 members (excludes halogenated alkanes) is 2. The predicted octanol–water partition coefficient (Wildman–Crippen LogP) is 4.64. The highest BCUT2D eigenvalue weighted by atomic mass is 16.5. The van der Waals surface area contributed by atoms with E-state index in [1.807, 2.05) is 42.5 Å². The van der Waals surface area contributed by atoms with Crippen LogP contribution < -0.4 is 5.32 Å². The van der Waals surface area contributed by atoms with Gasteiger partial charge in [0.2, 0.25) is 17.6 Å². The van der Waals surface area contributed by atoms with Gasteiger partial charge in [0.25, 0.3) is 0 Å². The molecule has 1 N–H and O–H groups in total. The van der Waals surface area contributed by atoms with Crippen LogP contribution in [-0.4, -0.2) is 22.6 Å². The van der Waals surface area contributed by atoms with Crippen LogP contribution in [-0.2, 0) is 11.2 Å². The Morgan fingerprint density at radius 1 is 0.963 bits per heavy atom. The smallest absolute Gasteiger partial charge is 0.227 e. The number of aryl methyl sites for hydroxylation is 1. The number of carbonyl (C=O) groups is 1. The van der Waals surface area contributed by atoms with Crippen LogP contribution >= 0.6 is 0 Å². The van der Waals surface area contributed by atoms with E-state index in [9.17, 15) is 4.79 Å². The van der Waals surface area contributed by atoms with Crippen LogP contribution in [0, 0.1) is 0 Å². The average molecular weight is 363 g/mol. The summed E-state index contributed by atoms with van der Waals surface area (Å²) in [6, 6.07) is 18.3. The fraction of sp³-hybridized carbons (Fsp3) is 0.318. The fourth-order valence-electron chi connectivity index (χ4n) is 2.83. The van der Waals surface area contributed by atoms with Crippen molar-refractivity contribution in [3.63, 3.8) is 0 Å². The van der Waals surface area contributed by atoms with Crippen molar-refractivity contribution in [3.8, 4) is 22.5 Å². The minimum atomic E-state index is 0.0260. The van der Waals surface area contributed by atoms with Gasteiger partial charge < -0.3 is 9.84 Å². The number of hydrogen-bond acceptors (Lipinski definition) is 4. The van der Waals surface area contributed by atoms with E-state index < -0.39 is 0 Å². The normalized spacial score (nSPS) is 10.7. The summed E-state index contributed by atoms with van der Waals surface area (Å²) >= 11 is 0. The number of carbonyl (C=O) groups excluding carboxylic acids is 1. The first-order valence-electron chi connectivity index (χ1n) is 9.51. The molecule has 1 aromatic heterocycles. The summed E-state index contributed by atoms with van der Waals surface area (Å²) in [4.78, 5) is 16.2. The summed E-state index contributed by atoms with van der Waals surface area (Å²) in [6.45, 7) is 2.87. The lowest BCUT2D eigenvalue weighted by Gasteiger charge is -2.02. The molecule has 5 heteroatoms. The molecule has 0 aliphatic heterocycles. The Kier molecular flexibility index (Phi) is 6.74. The van der Waals surface area contributed by atoms with Gasteiger partial charge in [0.1, 0.15) is 0 Å². The molecule has 0 saturated heterocycles. The molecule has 140 valence electrons. The van der Waals surface area contributed by atoms with Gasteiger partial charge in [-0.2, -0.15) is 4.98 Å². The number of amides is 1. The van der Waals surface area contributed by atoms with Gasteiger partial charge in [0.05, 0.1) is 0 Å². The number of benzene rings is 2. The third kappa shape index (κ3) is 5.51. The topological polar surface area (TPSA) is 68.0 Å². The Balaban J connectivity index is 1.54. The van der Waals surface area contributed by atoms with Crippen molar-refractivity contribution in [2.45, 2.75) is 39.0 Å². The van der Waals surface area contributed by atoms with E-state index >= 15 is 0 Å². The third-order valence-corrected chi connectivity index (χ3v) is 4.39. The number of nitrogens with one attached hydrogen (secondary N) is 1. The van der Waals surface area contributed by atoms with Gasteiger partial charge in [-0.1, -0.05) is 79.5 Å². The second-order valence-corrected chi connectivity index (χ2v) is 6.51. The lowest BCUT2D eigenvalue weighted by Crippen LogP contribution is -2.24. The first-order valence-corrected chi connectivity index (χ1v) is 9.51. The van der Waals surface area contributed by atoms with E-state index in [0.29, 0.717) is 24.6 Å². The quantitative estimate of drug-likeness (QED) is 0.562. The van der Waals surface area contributed by atoms with Crippen LogP contribution in [0.3, 0.4) is 0 Å². The summed E-state index contributed by atoms with van der Waals surface area (Å²) in [7, 11) is 0. The van der Waals surface area contributed by atoms with Gasteiger partial charge in [-0.3, -0.25) is 4.79 Å². The molecule has 1 amide bonds. The van der Waals surface area contributed by atoms with E-state index in [-0.39, 0.29) is 5.91 Å². The van der Waals surface area contributed by atoms with Gasteiger partial charge in [0.15, 0.2) is 0 Å². The number of aromatic nitrogens is 2. The van der Waals surface area contributed by atoms with Crippen molar-refractivity contribution in [3.05, 3.63) is 60.5 Å². The molecule has 0 unspecified atom stereocenters. The van der Waals surface area contributed by atoms with Crippen LogP contribution in [0.15, 0.2) is 59.1 Å². The highest BCUT2D eigenvalue weighted by Gasteiger charge is 2.11. The van der Waals surface area contributed by atoms with E-state index in [1.165, 1.54) is 5.56 Å². The molecule has 3 aromatic rings. The minimum absolute atomic E-state index is 0.0260. The zero-order valence-corrected chi connectivity index (χ0v) is 15.6. The molecule has 2 aromatic carbocycles. The molecule has 0 spiro atoms. The monoisotopic (exact) mass is 363 g/mol. The van der Waals surface area contributed by atoms with E-state index in [2.05, 4.69) is 34.5 Å². The molecule has 27 heavy (non-hydrogen) atoms. The van der Waals surface area contributed by atoms with Crippen molar-refractivity contribution in [2.24, 2.45) is 0 Å². The predicted molar refractivity (Wildman–Crippen MR) is 106 cm³/mol. The highest BCUT2D eigenvalue weighted by Crippen LogP contribution is 2.23. The number of rotatable bonds is 9. The molecule has 0 saturated carbocycles. The van der Waals surface area contributed by atoms with Gasteiger partial charge in [0, 0.05) is 24.9 Å². The zero-order valence-electron chi connectivity index (χ0n) is 15.6.